The van der Waals surface area contributed by atoms with Crippen LogP contribution in [0.25, 0.3) is 0 Å². The second-order valence-electron chi connectivity index (χ2n) is 2.82. The molecule has 1 aromatic rings. The minimum atomic E-state index is -0.473. The zero-order chi connectivity index (χ0) is 9.84. The number of hydrogen-bond acceptors (Lipinski definition) is 1. The maximum Gasteiger partial charge on any atom is 0.142 e. The number of carbonyl (C=O) groups excluding carboxylic acids is 1. The Morgan fingerprint density at radius 1 is 1.62 bits per heavy atom. The first-order chi connectivity index (χ1) is 6.19. The molecule has 0 radical (unpaired) electrons. The lowest BCUT2D eigenvalue weighted by Crippen LogP contribution is -1.98. The highest BCUT2D eigenvalue weighted by Gasteiger charge is 2.09. The van der Waals surface area contributed by atoms with Crippen LogP contribution in [0, 0.1) is 5.82 Å². The fourth-order valence-corrected chi connectivity index (χ4v) is 1.27. The molecule has 0 saturated heterocycles. The molecule has 0 aromatic heterocycles. The van der Waals surface area contributed by atoms with Gasteiger partial charge in [0, 0.05) is 5.92 Å². The summed E-state index contributed by atoms with van der Waals surface area (Å²) in [4.78, 5) is 10.6. The average molecular weight is 201 g/mol. The highest BCUT2D eigenvalue weighted by Crippen LogP contribution is 2.22. The molecule has 1 aromatic carbocycles. The van der Waals surface area contributed by atoms with E-state index in [1.165, 1.54) is 12.1 Å². The molecule has 1 rings (SSSR count). The largest absolute Gasteiger partial charge is 0.303 e. The molecule has 70 valence electrons. The number of aldehydes is 1. The van der Waals surface area contributed by atoms with Crippen molar-refractivity contribution in [3.05, 3.63) is 34.6 Å². The Kier molecular flexibility index (Phi) is 3.43. The van der Waals surface area contributed by atoms with Crippen LogP contribution in [0.1, 0.15) is 24.8 Å². The van der Waals surface area contributed by atoms with Gasteiger partial charge in [0.2, 0.25) is 0 Å². The van der Waals surface area contributed by atoms with Crippen molar-refractivity contribution in [2.24, 2.45) is 0 Å². The van der Waals surface area contributed by atoms with Crippen molar-refractivity contribution in [3.63, 3.8) is 0 Å². The van der Waals surface area contributed by atoms with Gasteiger partial charge in [-0.2, -0.15) is 0 Å². The Hall–Kier alpha value is -0.890. The van der Waals surface area contributed by atoms with Crippen LogP contribution in [0.4, 0.5) is 4.39 Å². The first-order valence-electron chi connectivity index (χ1n) is 4.09. The van der Waals surface area contributed by atoms with Crippen LogP contribution in [0.2, 0.25) is 5.02 Å². The molecule has 0 spiro atoms. The molecule has 0 N–H and O–H groups in total. The molecular weight excluding hydrogens is 191 g/mol. The molecular formula is C10H10ClFO. The van der Waals surface area contributed by atoms with E-state index in [0.29, 0.717) is 12.0 Å². The van der Waals surface area contributed by atoms with E-state index in [4.69, 9.17) is 11.6 Å². The molecule has 0 fully saturated rings. The highest BCUT2D eigenvalue weighted by molar-refractivity contribution is 6.30. The van der Waals surface area contributed by atoms with Crippen molar-refractivity contribution in [1.82, 2.24) is 0 Å². The Bertz CT molecular complexity index is 312. The number of hydrogen-bond donors (Lipinski definition) is 0. The van der Waals surface area contributed by atoms with Gasteiger partial charge < -0.3 is 4.79 Å². The summed E-state index contributed by atoms with van der Waals surface area (Å²) in [5.41, 5.74) is 0.680. The lowest BCUT2D eigenvalue weighted by molar-refractivity contribution is -0.109. The summed E-state index contributed by atoms with van der Waals surface area (Å²) in [5.74, 6) is -0.703. The summed E-state index contributed by atoms with van der Waals surface area (Å²) in [7, 11) is 0. The van der Waals surface area contributed by atoms with Crippen LogP contribution in [0.3, 0.4) is 0 Å². The van der Waals surface area contributed by atoms with E-state index >= 15 is 0 Å². The molecule has 1 unspecified atom stereocenters. The Morgan fingerprint density at radius 2 is 2.31 bits per heavy atom. The maximum atomic E-state index is 13.0. The summed E-state index contributed by atoms with van der Waals surface area (Å²) in [6.07, 6.45) is 1.49. The monoisotopic (exact) mass is 200 g/mol. The lowest BCUT2D eigenvalue weighted by atomic mass is 9.98. The van der Waals surface area contributed by atoms with Gasteiger partial charge in [0.15, 0.2) is 0 Å². The molecule has 1 atom stereocenters. The van der Waals surface area contributed by atoms with Crippen LogP contribution >= 0.6 is 11.6 Å². The van der Waals surface area contributed by atoms with Gasteiger partial charge in [0.1, 0.15) is 12.1 Å². The Balaban J connectivity index is 3.01. The van der Waals surface area contributed by atoms with E-state index in [-0.39, 0.29) is 10.9 Å². The summed E-state index contributed by atoms with van der Waals surface area (Å²) in [5, 5.41) is 0.0875. The predicted molar refractivity (Wildman–Crippen MR) is 50.5 cm³/mol. The van der Waals surface area contributed by atoms with Crippen molar-refractivity contribution in [3.8, 4) is 0 Å². The third-order valence-corrected chi connectivity index (χ3v) is 2.28. The quantitative estimate of drug-likeness (QED) is 0.685. The molecule has 0 aliphatic carbocycles. The standard InChI is InChI=1S/C10H10ClFO/c1-2-7(6-13)8-3-4-9(11)10(12)5-8/h3-7H,2H2,1H3. The van der Waals surface area contributed by atoms with Gasteiger partial charge in [0.05, 0.1) is 5.02 Å². The SMILES string of the molecule is CCC(C=O)c1ccc(Cl)c(F)c1. The molecule has 0 amide bonds. The minimum Gasteiger partial charge on any atom is -0.303 e. The van der Waals surface area contributed by atoms with Gasteiger partial charge in [-0.15, -0.1) is 0 Å². The second-order valence-corrected chi connectivity index (χ2v) is 3.23. The van der Waals surface area contributed by atoms with E-state index in [9.17, 15) is 9.18 Å². The van der Waals surface area contributed by atoms with Crippen molar-refractivity contribution in [1.29, 1.82) is 0 Å². The number of carbonyl (C=O) groups is 1. The van der Waals surface area contributed by atoms with E-state index in [1.807, 2.05) is 6.92 Å². The van der Waals surface area contributed by atoms with E-state index < -0.39 is 5.82 Å². The van der Waals surface area contributed by atoms with Crippen LogP contribution in [0.15, 0.2) is 18.2 Å². The second kappa shape index (κ2) is 4.38. The van der Waals surface area contributed by atoms with Crippen LogP contribution in [-0.2, 0) is 4.79 Å². The van der Waals surface area contributed by atoms with Crippen molar-refractivity contribution in [2.45, 2.75) is 19.3 Å². The third kappa shape index (κ3) is 2.28. The summed E-state index contributed by atoms with van der Waals surface area (Å²) >= 11 is 5.51. The zero-order valence-electron chi connectivity index (χ0n) is 7.26. The molecule has 3 heteroatoms. The maximum absolute atomic E-state index is 13.0. The summed E-state index contributed by atoms with van der Waals surface area (Å²) in [6.45, 7) is 1.88. The van der Waals surface area contributed by atoms with Gasteiger partial charge in [0.25, 0.3) is 0 Å². The molecule has 0 aliphatic heterocycles. The lowest BCUT2D eigenvalue weighted by Gasteiger charge is -2.07. The van der Waals surface area contributed by atoms with Gasteiger partial charge >= 0.3 is 0 Å². The average Bonchev–Trinajstić information content (AvgIpc) is 2.13. The predicted octanol–water partition coefficient (Wildman–Crippen LogP) is 3.17. The van der Waals surface area contributed by atoms with Crippen molar-refractivity contribution >= 4 is 17.9 Å². The van der Waals surface area contributed by atoms with Gasteiger partial charge in [-0.05, 0) is 24.1 Å². The number of halogens is 2. The molecule has 0 saturated carbocycles. The smallest absolute Gasteiger partial charge is 0.142 e. The van der Waals surface area contributed by atoms with Crippen molar-refractivity contribution in [2.75, 3.05) is 0 Å². The van der Waals surface area contributed by atoms with Crippen molar-refractivity contribution < 1.29 is 9.18 Å². The normalized spacial score (nSPS) is 12.5. The molecule has 0 bridgehead atoms. The van der Waals surface area contributed by atoms with Gasteiger partial charge in [-0.25, -0.2) is 4.39 Å². The van der Waals surface area contributed by atoms with E-state index in [0.717, 1.165) is 6.29 Å². The molecule has 0 aliphatic rings. The minimum absolute atomic E-state index is 0.0875. The first-order valence-corrected chi connectivity index (χ1v) is 4.47. The number of rotatable bonds is 3. The van der Waals surface area contributed by atoms with Crippen LogP contribution in [0.5, 0.6) is 0 Å². The first kappa shape index (κ1) is 10.2. The van der Waals surface area contributed by atoms with Gasteiger partial charge in [-0.3, -0.25) is 0 Å². The topological polar surface area (TPSA) is 17.1 Å². The highest BCUT2D eigenvalue weighted by atomic mass is 35.5. The fraction of sp³-hybridized carbons (Fsp3) is 0.300. The summed E-state index contributed by atoms with van der Waals surface area (Å²) in [6, 6.07) is 4.46. The molecule has 0 heterocycles. The molecule has 13 heavy (non-hydrogen) atoms. The fourth-order valence-electron chi connectivity index (χ4n) is 1.15. The van der Waals surface area contributed by atoms with E-state index in [1.54, 1.807) is 6.07 Å². The Morgan fingerprint density at radius 3 is 2.77 bits per heavy atom. The number of benzene rings is 1. The third-order valence-electron chi connectivity index (χ3n) is 1.98. The summed E-state index contributed by atoms with van der Waals surface area (Å²) < 4.78 is 13.0. The Labute approximate surface area is 81.5 Å². The van der Waals surface area contributed by atoms with Crippen LogP contribution < -0.4 is 0 Å². The zero-order valence-corrected chi connectivity index (χ0v) is 8.01. The van der Waals surface area contributed by atoms with Crippen LogP contribution in [-0.4, -0.2) is 6.29 Å². The molecule has 1 nitrogen and oxygen atoms in total. The van der Waals surface area contributed by atoms with Gasteiger partial charge in [-0.1, -0.05) is 24.6 Å². The van der Waals surface area contributed by atoms with E-state index in [2.05, 4.69) is 0 Å².